The van der Waals surface area contributed by atoms with Gasteiger partial charge in [0.15, 0.2) is 11.9 Å². The maximum absolute atomic E-state index is 11.8. The molecular formula is C21H34N5O11P. The Labute approximate surface area is 217 Å². The minimum atomic E-state index is -5.13. The van der Waals surface area contributed by atoms with Crippen LogP contribution in [0.1, 0.15) is 38.8 Å². The molecule has 1 saturated heterocycles. The summed E-state index contributed by atoms with van der Waals surface area (Å²) < 4.78 is 29.4. The first-order chi connectivity index (χ1) is 18.0. The van der Waals surface area contributed by atoms with Crippen molar-refractivity contribution >= 4 is 24.4 Å². The van der Waals surface area contributed by atoms with Gasteiger partial charge in [-0.3, -0.25) is 4.57 Å². The van der Waals surface area contributed by atoms with Crippen molar-refractivity contribution in [1.29, 1.82) is 0 Å². The standard InChI is InChI=1S/C21H34N5O11P/c1-11(29)7-35-20-24-17(23-12-4-2-3-5-12)13-6-22-26(18(13)25-20)19-16(31)15(30)14(37-19)8-36-21(9-27,10-28)38(32,33)34/h6,11-12,14-16,19,27-31H,2-5,7-10H2,1H3,(H,23,24,25)(H2,32,33,34)/t11?,14-,15-,16-,19-/m1/s1. The van der Waals surface area contributed by atoms with Gasteiger partial charge in [-0.05, 0) is 19.8 Å². The molecule has 1 aliphatic heterocycles. The van der Waals surface area contributed by atoms with Crippen LogP contribution in [0.4, 0.5) is 5.82 Å². The smallest absolute Gasteiger partial charge is 0.361 e. The number of aliphatic hydroxyl groups excluding tert-OH is 5. The number of anilines is 1. The second kappa shape index (κ2) is 11.6. The van der Waals surface area contributed by atoms with Crippen LogP contribution in [0.2, 0.25) is 0 Å². The van der Waals surface area contributed by atoms with Crippen molar-refractivity contribution < 1.29 is 54.1 Å². The summed E-state index contributed by atoms with van der Waals surface area (Å²) in [5.41, 5.74) is 0.203. The number of hydrogen-bond donors (Lipinski definition) is 8. The van der Waals surface area contributed by atoms with Crippen molar-refractivity contribution in [3.63, 3.8) is 0 Å². The van der Waals surface area contributed by atoms with Crippen molar-refractivity contribution in [1.82, 2.24) is 19.7 Å². The summed E-state index contributed by atoms with van der Waals surface area (Å²) in [4.78, 5) is 27.8. The van der Waals surface area contributed by atoms with Gasteiger partial charge in [-0.2, -0.15) is 15.1 Å². The molecule has 0 spiro atoms. The Morgan fingerprint density at radius 1 is 1.21 bits per heavy atom. The van der Waals surface area contributed by atoms with E-state index < -0.39 is 63.4 Å². The van der Waals surface area contributed by atoms with Crippen LogP contribution in [0.25, 0.3) is 11.0 Å². The first-order valence-corrected chi connectivity index (χ1v) is 13.9. The fourth-order valence-electron chi connectivity index (χ4n) is 4.44. The van der Waals surface area contributed by atoms with Crippen molar-refractivity contribution in [2.24, 2.45) is 0 Å². The van der Waals surface area contributed by atoms with E-state index in [9.17, 15) is 39.9 Å². The zero-order valence-electron chi connectivity index (χ0n) is 20.7. The predicted molar refractivity (Wildman–Crippen MR) is 129 cm³/mol. The number of rotatable bonds is 12. The van der Waals surface area contributed by atoms with Crippen molar-refractivity contribution in [2.45, 2.75) is 74.6 Å². The lowest BCUT2D eigenvalue weighted by Crippen LogP contribution is -2.44. The topological polar surface area (TPSA) is 242 Å². The van der Waals surface area contributed by atoms with Gasteiger partial charge in [0.25, 0.3) is 0 Å². The highest BCUT2D eigenvalue weighted by Crippen LogP contribution is 2.51. The summed E-state index contributed by atoms with van der Waals surface area (Å²) in [6, 6.07) is 0.135. The van der Waals surface area contributed by atoms with Gasteiger partial charge in [0, 0.05) is 6.04 Å². The average Bonchev–Trinajstić information content (AvgIpc) is 3.59. The highest BCUT2D eigenvalue weighted by Gasteiger charge is 2.51. The average molecular weight is 564 g/mol. The summed E-state index contributed by atoms with van der Waals surface area (Å²) in [6.45, 7) is -1.60. The molecule has 3 heterocycles. The molecule has 0 radical (unpaired) electrons. The number of aliphatic hydroxyl groups is 5. The van der Waals surface area contributed by atoms with E-state index in [1.54, 1.807) is 6.92 Å². The molecule has 16 nitrogen and oxygen atoms in total. The molecule has 1 unspecified atom stereocenters. The third kappa shape index (κ3) is 5.79. The molecule has 2 fully saturated rings. The lowest BCUT2D eigenvalue weighted by molar-refractivity contribution is -0.121. The zero-order valence-corrected chi connectivity index (χ0v) is 21.6. The Morgan fingerprint density at radius 3 is 2.50 bits per heavy atom. The van der Waals surface area contributed by atoms with Gasteiger partial charge >= 0.3 is 13.6 Å². The summed E-state index contributed by atoms with van der Waals surface area (Å²) in [7, 11) is -5.13. The van der Waals surface area contributed by atoms with Crippen molar-refractivity contribution in [2.75, 3.05) is 31.7 Å². The van der Waals surface area contributed by atoms with Crippen LogP contribution in [0.15, 0.2) is 6.20 Å². The maximum Gasteiger partial charge on any atom is 0.361 e. The SMILES string of the molecule is CC(O)COc1nc(NC2CCCC2)c2cnn([C@@H]3O[C@H](COC(CO)(CO)P(=O)(O)O)[C@@H](O)[C@H]3O)c2n1. The van der Waals surface area contributed by atoms with Gasteiger partial charge in [0.1, 0.15) is 30.7 Å². The van der Waals surface area contributed by atoms with E-state index >= 15 is 0 Å². The molecule has 0 amide bonds. The first-order valence-electron chi connectivity index (χ1n) is 12.2. The predicted octanol–water partition coefficient (Wildman–Crippen LogP) is -1.57. The fraction of sp³-hybridized carbons (Fsp3) is 0.762. The maximum atomic E-state index is 11.8. The molecule has 17 heteroatoms. The first kappa shape index (κ1) is 29.0. The Hall–Kier alpha value is -1.98. The molecule has 0 bridgehead atoms. The van der Waals surface area contributed by atoms with Crippen molar-refractivity contribution in [3.8, 4) is 6.01 Å². The zero-order chi connectivity index (χ0) is 27.7. The van der Waals surface area contributed by atoms with Gasteiger partial charge in [-0.15, -0.1) is 0 Å². The molecule has 8 N–H and O–H groups in total. The molecule has 214 valence electrons. The van der Waals surface area contributed by atoms with Crippen LogP contribution in [0, 0.1) is 0 Å². The molecule has 5 atom stereocenters. The van der Waals surface area contributed by atoms with E-state index in [-0.39, 0.29) is 24.3 Å². The monoisotopic (exact) mass is 563 g/mol. The number of hydrogen-bond acceptors (Lipinski definition) is 13. The van der Waals surface area contributed by atoms with E-state index in [4.69, 9.17) is 14.2 Å². The van der Waals surface area contributed by atoms with Gasteiger partial charge in [-0.1, -0.05) is 12.8 Å². The molecule has 0 aromatic carbocycles. The molecule has 2 aromatic heterocycles. The highest BCUT2D eigenvalue weighted by atomic mass is 31.2. The third-order valence-corrected chi connectivity index (χ3v) is 8.18. The van der Waals surface area contributed by atoms with Crippen LogP contribution in [0.3, 0.4) is 0 Å². The molecule has 4 rings (SSSR count). The van der Waals surface area contributed by atoms with Crippen LogP contribution in [0.5, 0.6) is 6.01 Å². The molecule has 1 saturated carbocycles. The largest absolute Gasteiger partial charge is 0.461 e. The molecule has 1 aliphatic carbocycles. The van der Waals surface area contributed by atoms with Gasteiger partial charge in [0.05, 0.1) is 37.5 Å². The number of nitrogens with one attached hydrogen (secondary N) is 1. The van der Waals surface area contributed by atoms with E-state index in [0.29, 0.717) is 11.2 Å². The van der Waals surface area contributed by atoms with Crippen LogP contribution < -0.4 is 10.1 Å². The quantitative estimate of drug-likeness (QED) is 0.136. The molecule has 38 heavy (non-hydrogen) atoms. The normalized spacial score (nSPS) is 25.8. The van der Waals surface area contributed by atoms with Crippen LogP contribution >= 0.6 is 7.60 Å². The number of aromatic nitrogens is 4. The Kier molecular flexibility index (Phi) is 8.88. The summed E-state index contributed by atoms with van der Waals surface area (Å²) in [6.07, 6.45) is -0.958. The van der Waals surface area contributed by atoms with Gasteiger partial charge < -0.3 is 54.8 Å². The number of ether oxygens (including phenoxy) is 3. The summed E-state index contributed by atoms with van der Waals surface area (Å²) in [5.74, 6) is 0.444. The minimum absolute atomic E-state index is 0.0501. The second-order valence-corrected chi connectivity index (χ2v) is 11.5. The van der Waals surface area contributed by atoms with E-state index in [1.165, 1.54) is 10.9 Å². The minimum Gasteiger partial charge on any atom is -0.461 e. The Balaban J connectivity index is 1.61. The summed E-state index contributed by atoms with van der Waals surface area (Å²) in [5, 5.41) is 55.4. The van der Waals surface area contributed by atoms with E-state index in [1.807, 2.05) is 0 Å². The number of nitrogens with zero attached hydrogens (tertiary/aromatic N) is 4. The van der Waals surface area contributed by atoms with Crippen molar-refractivity contribution in [3.05, 3.63) is 6.20 Å². The highest BCUT2D eigenvalue weighted by molar-refractivity contribution is 7.53. The second-order valence-electron chi connectivity index (χ2n) is 9.63. The van der Waals surface area contributed by atoms with Gasteiger partial charge in [-0.25, -0.2) is 4.68 Å². The number of fused-ring (bicyclic) bond motifs is 1. The Bertz CT molecular complexity index is 1130. The summed E-state index contributed by atoms with van der Waals surface area (Å²) >= 11 is 0. The third-order valence-electron chi connectivity index (χ3n) is 6.70. The van der Waals surface area contributed by atoms with Crippen LogP contribution in [-0.4, -0.2) is 117 Å². The van der Waals surface area contributed by atoms with E-state index in [0.717, 1.165) is 25.7 Å². The molecular weight excluding hydrogens is 529 g/mol. The molecule has 2 aliphatic rings. The lowest BCUT2D eigenvalue weighted by atomic mass is 10.1. The van der Waals surface area contributed by atoms with Crippen LogP contribution in [-0.2, 0) is 14.0 Å². The fourth-order valence-corrected chi connectivity index (χ4v) is 5.05. The Morgan fingerprint density at radius 2 is 1.89 bits per heavy atom. The lowest BCUT2D eigenvalue weighted by Gasteiger charge is -2.31. The van der Waals surface area contributed by atoms with E-state index in [2.05, 4.69) is 20.4 Å². The van der Waals surface area contributed by atoms with Gasteiger partial charge in [0.2, 0.25) is 5.34 Å². The molecule has 2 aromatic rings.